The van der Waals surface area contributed by atoms with Gasteiger partial charge in [-0.3, -0.25) is 10.1 Å². The lowest BCUT2D eigenvalue weighted by Gasteiger charge is -2.29. The average molecular weight is 383 g/mol. The highest BCUT2D eigenvalue weighted by molar-refractivity contribution is 5.94. The van der Waals surface area contributed by atoms with E-state index in [9.17, 15) is 9.59 Å². The molecule has 1 saturated heterocycles. The standard InChI is InChI=1S/C18H21N7O3/c1-10(2)21-15-14-12(6-13(7-19)22-15)8-20-17(23-14)24-16(26)11-4-3-5-25(9-11)18(27)28/h6,8,10-11H,3-5,9H2,1-2H3,(H,21,22)(H,27,28)(H,20,23,24,26). The van der Waals surface area contributed by atoms with Gasteiger partial charge in [0.25, 0.3) is 0 Å². The second-order valence-corrected chi connectivity index (χ2v) is 6.96. The van der Waals surface area contributed by atoms with E-state index in [0.717, 1.165) is 0 Å². The largest absolute Gasteiger partial charge is 0.465 e. The molecule has 0 radical (unpaired) electrons. The average Bonchev–Trinajstić information content (AvgIpc) is 2.67. The van der Waals surface area contributed by atoms with E-state index in [1.165, 1.54) is 11.1 Å². The van der Waals surface area contributed by atoms with E-state index in [-0.39, 0.29) is 30.1 Å². The molecule has 1 fully saturated rings. The number of nitrogens with zero attached hydrogens (tertiary/aromatic N) is 5. The maximum atomic E-state index is 12.5. The van der Waals surface area contributed by atoms with Crippen LogP contribution in [0.15, 0.2) is 12.3 Å². The molecule has 3 heterocycles. The normalized spacial score (nSPS) is 16.6. The highest BCUT2D eigenvalue weighted by atomic mass is 16.4. The van der Waals surface area contributed by atoms with Crippen LogP contribution in [0.4, 0.5) is 16.6 Å². The Morgan fingerprint density at radius 1 is 1.39 bits per heavy atom. The van der Waals surface area contributed by atoms with Gasteiger partial charge in [0.1, 0.15) is 17.3 Å². The fourth-order valence-electron chi connectivity index (χ4n) is 3.11. The molecule has 1 aliphatic rings. The van der Waals surface area contributed by atoms with Crippen molar-refractivity contribution in [3.63, 3.8) is 0 Å². The zero-order chi connectivity index (χ0) is 20.3. The number of carbonyl (C=O) groups excluding carboxylic acids is 1. The first-order chi connectivity index (χ1) is 13.4. The van der Waals surface area contributed by atoms with Crippen molar-refractivity contribution < 1.29 is 14.7 Å². The van der Waals surface area contributed by atoms with E-state index in [1.54, 1.807) is 6.07 Å². The number of nitrogens with one attached hydrogen (secondary N) is 2. The zero-order valence-electron chi connectivity index (χ0n) is 15.6. The van der Waals surface area contributed by atoms with Crippen LogP contribution in [-0.4, -0.2) is 56.1 Å². The van der Waals surface area contributed by atoms with E-state index in [4.69, 9.17) is 10.4 Å². The lowest BCUT2D eigenvalue weighted by molar-refractivity contribution is -0.121. The molecule has 1 aliphatic heterocycles. The molecule has 2 aromatic heterocycles. The Hall–Kier alpha value is -3.48. The Morgan fingerprint density at radius 3 is 2.86 bits per heavy atom. The summed E-state index contributed by atoms with van der Waals surface area (Å²) < 4.78 is 0. The molecule has 146 valence electrons. The van der Waals surface area contributed by atoms with Gasteiger partial charge in [-0.05, 0) is 32.8 Å². The molecule has 0 spiro atoms. The number of rotatable bonds is 4. The van der Waals surface area contributed by atoms with Crippen molar-refractivity contribution in [3.8, 4) is 6.07 Å². The topological polar surface area (TPSA) is 144 Å². The third-order valence-corrected chi connectivity index (χ3v) is 4.40. The number of carboxylic acid groups (broad SMARTS) is 1. The molecule has 0 aliphatic carbocycles. The number of amides is 2. The van der Waals surface area contributed by atoms with Crippen molar-refractivity contribution in [2.24, 2.45) is 5.92 Å². The number of anilines is 2. The number of fused-ring (bicyclic) bond motifs is 1. The van der Waals surface area contributed by atoms with Crippen LogP contribution in [0.25, 0.3) is 10.9 Å². The quantitative estimate of drug-likeness (QED) is 0.727. The highest BCUT2D eigenvalue weighted by Crippen LogP contribution is 2.23. The van der Waals surface area contributed by atoms with E-state index >= 15 is 0 Å². The lowest BCUT2D eigenvalue weighted by atomic mass is 9.97. The minimum absolute atomic E-state index is 0.0712. The predicted molar refractivity (Wildman–Crippen MR) is 102 cm³/mol. The molecule has 10 nitrogen and oxygen atoms in total. The van der Waals surface area contributed by atoms with E-state index in [1.807, 2.05) is 19.9 Å². The summed E-state index contributed by atoms with van der Waals surface area (Å²) in [6.45, 7) is 4.46. The molecule has 2 aromatic rings. The summed E-state index contributed by atoms with van der Waals surface area (Å²) in [5, 5.41) is 24.7. The second kappa shape index (κ2) is 8.04. The van der Waals surface area contributed by atoms with Crippen LogP contribution in [0, 0.1) is 17.2 Å². The predicted octanol–water partition coefficient (Wildman–Crippen LogP) is 2.05. The number of hydrogen-bond acceptors (Lipinski definition) is 7. The van der Waals surface area contributed by atoms with Gasteiger partial charge in [-0.15, -0.1) is 0 Å². The van der Waals surface area contributed by atoms with Crippen molar-refractivity contribution >= 4 is 34.7 Å². The van der Waals surface area contributed by atoms with Crippen molar-refractivity contribution in [3.05, 3.63) is 18.0 Å². The van der Waals surface area contributed by atoms with Crippen LogP contribution in [0.2, 0.25) is 0 Å². The van der Waals surface area contributed by atoms with Gasteiger partial charge in [-0.2, -0.15) is 5.26 Å². The number of carbonyl (C=O) groups is 2. The van der Waals surface area contributed by atoms with E-state index in [0.29, 0.717) is 36.1 Å². The second-order valence-electron chi connectivity index (χ2n) is 6.96. The number of aromatic nitrogens is 3. The van der Waals surface area contributed by atoms with Crippen LogP contribution >= 0.6 is 0 Å². The molecule has 0 aromatic carbocycles. The van der Waals surface area contributed by atoms with Crippen LogP contribution in [-0.2, 0) is 4.79 Å². The van der Waals surface area contributed by atoms with Gasteiger partial charge in [0, 0.05) is 30.7 Å². The van der Waals surface area contributed by atoms with Gasteiger partial charge in [-0.1, -0.05) is 0 Å². The van der Waals surface area contributed by atoms with E-state index < -0.39 is 12.0 Å². The summed E-state index contributed by atoms with van der Waals surface area (Å²) in [4.78, 5) is 37.7. The van der Waals surface area contributed by atoms with Crippen molar-refractivity contribution in [2.45, 2.75) is 32.7 Å². The molecule has 2 amide bonds. The Kier molecular flexibility index (Phi) is 5.54. The maximum absolute atomic E-state index is 12.5. The molecule has 0 saturated carbocycles. The number of piperidine rings is 1. The Labute approximate surface area is 161 Å². The van der Waals surface area contributed by atoms with Crippen LogP contribution < -0.4 is 10.6 Å². The molecule has 3 N–H and O–H groups in total. The third kappa shape index (κ3) is 4.25. The van der Waals surface area contributed by atoms with Crippen LogP contribution in [0.1, 0.15) is 32.4 Å². The molecule has 10 heteroatoms. The van der Waals surface area contributed by atoms with Crippen LogP contribution in [0.3, 0.4) is 0 Å². The van der Waals surface area contributed by atoms with Crippen molar-refractivity contribution in [2.75, 3.05) is 23.7 Å². The first-order valence-corrected chi connectivity index (χ1v) is 9.00. The number of nitriles is 1. The first-order valence-electron chi connectivity index (χ1n) is 9.00. The summed E-state index contributed by atoms with van der Waals surface area (Å²) in [6.07, 6.45) is 1.74. The molecular weight excluding hydrogens is 362 g/mol. The van der Waals surface area contributed by atoms with Gasteiger partial charge in [0.15, 0.2) is 5.82 Å². The lowest BCUT2D eigenvalue weighted by Crippen LogP contribution is -2.43. The smallest absolute Gasteiger partial charge is 0.407 e. The summed E-state index contributed by atoms with van der Waals surface area (Å²) >= 11 is 0. The van der Waals surface area contributed by atoms with Gasteiger partial charge in [0.05, 0.1) is 5.92 Å². The summed E-state index contributed by atoms with van der Waals surface area (Å²) in [5.41, 5.74) is 0.737. The van der Waals surface area contributed by atoms with Gasteiger partial charge >= 0.3 is 6.09 Å². The minimum Gasteiger partial charge on any atom is -0.465 e. The molecule has 3 rings (SSSR count). The number of likely N-dealkylation sites (tertiary alicyclic amines) is 1. The van der Waals surface area contributed by atoms with Gasteiger partial charge in [0.2, 0.25) is 11.9 Å². The van der Waals surface area contributed by atoms with Gasteiger partial charge in [-0.25, -0.2) is 19.7 Å². The number of hydrogen-bond donors (Lipinski definition) is 3. The van der Waals surface area contributed by atoms with Crippen molar-refractivity contribution in [1.82, 2.24) is 19.9 Å². The highest BCUT2D eigenvalue weighted by Gasteiger charge is 2.28. The third-order valence-electron chi connectivity index (χ3n) is 4.40. The summed E-state index contributed by atoms with van der Waals surface area (Å²) in [7, 11) is 0. The minimum atomic E-state index is -1.02. The van der Waals surface area contributed by atoms with Crippen LogP contribution in [0.5, 0.6) is 0 Å². The Bertz CT molecular complexity index is 954. The van der Waals surface area contributed by atoms with Crippen molar-refractivity contribution in [1.29, 1.82) is 5.26 Å². The molecular formula is C18H21N7O3. The fraction of sp³-hybridized carbons (Fsp3) is 0.444. The Morgan fingerprint density at radius 2 is 2.18 bits per heavy atom. The molecule has 0 bridgehead atoms. The summed E-state index contributed by atoms with van der Waals surface area (Å²) in [5.74, 6) is -0.207. The molecule has 1 unspecified atom stereocenters. The zero-order valence-corrected chi connectivity index (χ0v) is 15.6. The first kappa shape index (κ1) is 19.3. The fourth-order valence-corrected chi connectivity index (χ4v) is 3.11. The van der Waals surface area contributed by atoms with Gasteiger partial charge < -0.3 is 15.3 Å². The van der Waals surface area contributed by atoms with E-state index in [2.05, 4.69) is 25.6 Å². The Balaban J connectivity index is 1.84. The monoisotopic (exact) mass is 383 g/mol. The SMILES string of the molecule is CC(C)Nc1nc(C#N)cc2cnc(NC(=O)C3CCCN(C(=O)O)C3)nc12. The molecule has 28 heavy (non-hydrogen) atoms. The summed E-state index contributed by atoms with van der Waals surface area (Å²) in [6, 6.07) is 3.66. The maximum Gasteiger partial charge on any atom is 0.407 e. The number of pyridine rings is 1. The molecule has 1 atom stereocenters.